The fraction of sp³-hybridized carbons (Fsp3) is 0.400. The highest BCUT2D eigenvalue weighted by molar-refractivity contribution is 5.87. The van der Waals surface area contributed by atoms with E-state index in [1.165, 1.54) is 12.1 Å². The van der Waals surface area contributed by atoms with E-state index in [0.29, 0.717) is 5.39 Å². The molecule has 0 spiro atoms. The Morgan fingerprint density at radius 1 is 0.947 bits per heavy atom. The summed E-state index contributed by atoms with van der Waals surface area (Å²) >= 11 is 0. The minimum absolute atomic E-state index is 0.224. The van der Waals surface area contributed by atoms with Crippen LogP contribution in [0.3, 0.4) is 0 Å². The van der Waals surface area contributed by atoms with Gasteiger partial charge in [0.1, 0.15) is 7.05 Å². The van der Waals surface area contributed by atoms with Crippen LogP contribution in [0.5, 0.6) is 0 Å². The lowest BCUT2D eigenvalue weighted by Gasteiger charge is -2.19. The molecular formula is C15H17F3N+. The van der Waals surface area contributed by atoms with Crippen molar-refractivity contribution in [1.82, 2.24) is 0 Å². The van der Waals surface area contributed by atoms with Gasteiger partial charge in [0.15, 0.2) is 11.9 Å². The van der Waals surface area contributed by atoms with Crippen LogP contribution in [0.4, 0.5) is 13.2 Å². The summed E-state index contributed by atoms with van der Waals surface area (Å²) in [4.78, 5) is 0. The zero-order valence-electron chi connectivity index (χ0n) is 11.5. The molecule has 0 fully saturated rings. The van der Waals surface area contributed by atoms with E-state index in [-0.39, 0.29) is 10.8 Å². The maximum Gasteiger partial charge on any atom is 0.417 e. The second kappa shape index (κ2) is 4.22. The summed E-state index contributed by atoms with van der Waals surface area (Å²) in [6.07, 6.45) is -2.63. The summed E-state index contributed by atoms with van der Waals surface area (Å²) in [5, 5.41) is 0.922. The van der Waals surface area contributed by atoms with E-state index in [2.05, 4.69) is 0 Å². The van der Waals surface area contributed by atoms with Crippen LogP contribution in [-0.2, 0) is 18.6 Å². The Hall–Kier alpha value is -1.58. The van der Waals surface area contributed by atoms with E-state index in [0.717, 1.165) is 11.8 Å². The Bertz CT molecular complexity index is 622. The Morgan fingerprint density at radius 2 is 1.58 bits per heavy atom. The maximum absolute atomic E-state index is 13.0. The van der Waals surface area contributed by atoms with Crippen LogP contribution < -0.4 is 4.57 Å². The topological polar surface area (TPSA) is 3.88 Å². The number of rotatable bonds is 0. The zero-order valence-corrected chi connectivity index (χ0v) is 11.5. The van der Waals surface area contributed by atoms with Gasteiger partial charge in [-0.3, -0.25) is 0 Å². The lowest BCUT2D eigenvalue weighted by atomic mass is 9.87. The summed E-state index contributed by atoms with van der Waals surface area (Å²) in [5.41, 5.74) is 0.102. The predicted octanol–water partition coefficient (Wildman–Crippen LogP) is 3.98. The summed E-state index contributed by atoms with van der Waals surface area (Å²) in [5.74, 6) is 0. The van der Waals surface area contributed by atoms with Crippen LogP contribution in [0.1, 0.15) is 32.0 Å². The minimum atomic E-state index is -4.32. The molecule has 1 aromatic carbocycles. The van der Waals surface area contributed by atoms with Crippen molar-refractivity contribution < 1.29 is 17.7 Å². The van der Waals surface area contributed by atoms with Gasteiger partial charge in [-0.2, -0.15) is 13.2 Å². The average molecular weight is 268 g/mol. The molecule has 1 aromatic heterocycles. The van der Waals surface area contributed by atoms with Crippen molar-refractivity contribution in [3.63, 3.8) is 0 Å². The molecule has 0 aliphatic rings. The fourth-order valence-corrected chi connectivity index (χ4v) is 2.58. The Kier molecular flexibility index (Phi) is 3.07. The minimum Gasteiger partial charge on any atom is -0.204 e. The second-order valence-corrected chi connectivity index (χ2v) is 5.79. The molecule has 1 heterocycles. The summed E-state index contributed by atoms with van der Waals surface area (Å²) < 4.78 is 41.0. The van der Waals surface area contributed by atoms with Crippen LogP contribution in [0.2, 0.25) is 0 Å². The standard InChI is InChI=1S/C15H17F3N/c1-14(2,3)13-11-6-5-7-12(15(16,17)18)10(11)8-9-19(13)4/h5-9H,1-4H3/q+1. The van der Waals surface area contributed by atoms with Gasteiger partial charge in [0.25, 0.3) is 0 Å². The average Bonchev–Trinajstić information content (AvgIpc) is 2.24. The van der Waals surface area contributed by atoms with Crippen LogP contribution in [-0.4, -0.2) is 0 Å². The van der Waals surface area contributed by atoms with Gasteiger partial charge >= 0.3 is 6.18 Å². The molecule has 0 atom stereocenters. The number of pyridine rings is 1. The van der Waals surface area contributed by atoms with E-state index in [1.54, 1.807) is 12.3 Å². The molecule has 1 nitrogen and oxygen atoms in total. The highest BCUT2D eigenvalue weighted by Crippen LogP contribution is 2.36. The van der Waals surface area contributed by atoms with E-state index in [4.69, 9.17) is 0 Å². The zero-order chi connectivity index (χ0) is 14.4. The Labute approximate surface area is 110 Å². The number of fused-ring (bicyclic) bond motifs is 1. The van der Waals surface area contributed by atoms with Gasteiger partial charge in [0, 0.05) is 16.9 Å². The van der Waals surface area contributed by atoms with Crippen LogP contribution in [0.15, 0.2) is 30.5 Å². The van der Waals surface area contributed by atoms with Crippen LogP contribution >= 0.6 is 0 Å². The van der Waals surface area contributed by atoms with Gasteiger partial charge in [0.05, 0.1) is 10.9 Å². The molecule has 0 saturated heterocycles. The monoisotopic (exact) mass is 268 g/mol. The van der Waals surface area contributed by atoms with Gasteiger partial charge in [0.2, 0.25) is 0 Å². The summed E-state index contributed by atoms with van der Waals surface area (Å²) in [6.45, 7) is 6.01. The number of hydrogen-bond acceptors (Lipinski definition) is 0. The number of benzene rings is 1. The Balaban J connectivity index is 2.90. The van der Waals surface area contributed by atoms with Gasteiger partial charge in [-0.05, 0) is 12.1 Å². The molecule has 0 aliphatic heterocycles. The fourth-order valence-electron chi connectivity index (χ4n) is 2.58. The largest absolute Gasteiger partial charge is 0.417 e. The number of aromatic nitrogens is 1. The molecule has 0 N–H and O–H groups in total. The Morgan fingerprint density at radius 3 is 2.11 bits per heavy atom. The highest BCUT2D eigenvalue weighted by atomic mass is 19.4. The van der Waals surface area contributed by atoms with Crippen LogP contribution in [0.25, 0.3) is 10.8 Å². The predicted molar refractivity (Wildman–Crippen MR) is 68.8 cm³/mol. The summed E-state index contributed by atoms with van der Waals surface area (Å²) in [7, 11) is 1.86. The lowest BCUT2D eigenvalue weighted by Crippen LogP contribution is -2.39. The molecule has 19 heavy (non-hydrogen) atoms. The second-order valence-electron chi connectivity index (χ2n) is 5.79. The van der Waals surface area contributed by atoms with Gasteiger partial charge in [-0.25, -0.2) is 4.57 Å². The van der Waals surface area contributed by atoms with E-state index in [9.17, 15) is 13.2 Å². The number of alkyl halides is 3. The molecular weight excluding hydrogens is 251 g/mol. The molecule has 0 bridgehead atoms. The molecule has 102 valence electrons. The van der Waals surface area contributed by atoms with Gasteiger partial charge in [-0.15, -0.1) is 0 Å². The molecule has 2 rings (SSSR count). The molecule has 0 saturated carbocycles. The molecule has 4 heteroatoms. The first-order valence-corrected chi connectivity index (χ1v) is 6.11. The van der Waals surface area contributed by atoms with Crippen molar-refractivity contribution in [1.29, 1.82) is 0 Å². The van der Waals surface area contributed by atoms with Crippen molar-refractivity contribution in [2.24, 2.45) is 7.05 Å². The van der Waals surface area contributed by atoms with Crippen molar-refractivity contribution in [3.05, 3.63) is 41.7 Å². The highest BCUT2D eigenvalue weighted by Gasteiger charge is 2.35. The molecule has 2 aromatic rings. The van der Waals surface area contributed by atoms with Crippen molar-refractivity contribution in [3.8, 4) is 0 Å². The molecule has 0 aliphatic carbocycles. The van der Waals surface area contributed by atoms with Crippen LogP contribution in [0, 0.1) is 0 Å². The van der Waals surface area contributed by atoms with E-state index >= 15 is 0 Å². The van der Waals surface area contributed by atoms with Crippen molar-refractivity contribution >= 4 is 10.8 Å². The van der Waals surface area contributed by atoms with Crippen molar-refractivity contribution in [2.45, 2.75) is 32.4 Å². The third kappa shape index (κ3) is 2.44. The SMILES string of the molecule is C[n+]1ccc2c(C(F)(F)F)cccc2c1C(C)(C)C. The molecule has 0 amide bonds. The first-order valence-electron chi connectivity index (χ1n) is 6.11. The quantitative estimate of drug-likeness (QED) is 0.636. The first-order chi connectivity index (χ1) is 8.62. The number of halogens is 3. The van der Waals surface area contributed by atoms with Gasteiger partial charge in [-0.1, -0.05) is 26.8 Å². The number of nitrogens with zero attached hydrogens (tertiary/aromatic N) is 1. The number of hydrogen-bond donors (Lipinski definition) is 0. The van der Waals surface area contributed by atoms with E-state index < -0.39 is 11.7 Å². The first kappa shape index (κ1) is 13.8. The van der Waals surface area contributed by atoms with Gasteiger partial charge < -0.3 is 0 Å². The maximum atomic E-state index is 13.0. The van der Waals surface area contributed by atoms with Crippen molar-refractivity contribution in [2.75, 3.05) is 0 Å². The summed E-state index contributed by atoms with van der Waals surface area (Å²) in [6, 6.07) is 5.90. The lowest BCUT2D eigenvalue weighted by molar-refractivity contribution is -0.680. The third-order valence-corrected chi connectivity index (χ3v) is 3.19. The smallest absolute Gasteiger partial charge is 0.204 e. The number of aryl methyl sites for hydroxylation is 1. The molecule has 0 radical (unpaired) electrons. The normalized spacial score (nSPS) is 13.0. The third-order valence-electron chi connectivity index (χ3n) is 3.19. The molecule has 0 unspecified atom stereocenters. The van der Waals surface area contributed by atoms with E-state index in [1.807, 2.05) is 32.4 Å².